The highest BCUT2D eigenvalue weighted by Gasteiger charge is 2.36. The van der Waals surface area contributed by atoms with Crippen molar-refractivity contribution in [1.29, 1.82) is 0 Å². The Labute approximate surface area is 127 Å². The second kappa shape index (κ2) is 6.71. The van der Waals surface area contributed by atoms with E-state index in [1.807, 2.05) is 12.1 Å². The van der Waals surface area contributed by atoms with Gasteiger partial charge in [0.1, 0.15) is 5.78 Å². The maximum absolute atomic E-state index is 12.2. The molecule has 1 aliphatic heterocycles. The summed E-state index contributed by atoms with van der Waals surface area (Å²) in [7, 11) is 0. The molecule has 1 aromatic rings. The van der Waals surface area contributed by atoms with Gasteiger partial charge in [0.15, 0.2) is 0 Å². The SMILES string of the molecule is O=C1CCCCC1C1CCCN1Cc1ccc(CO)cc1. The van der Waals surface area contributed by atoms with Crippen molar-refractivity contribution in [1.82, 2.24) is 4.90 Å². The highest BCUT2D eigenvalue weighted by molar-refractivity contribution is 5.82. The number of benzene rings is 1. The van der Waals surface area contributed by atoms with Crippen LogP contribution in [0.4, 0.5) is 0 Å². The number of rotatable bonds is 4. The number of carbonyl (C=O) groups is 1. The van der Waals surface area contributed by atoms with E-state index in [1.165, 1.54) is 24.8 Å². The Bertz CT molecular complexity index is 482. The van der Waals surface area contributed by atoms with Crippen molar-refractivity contribution >= 4 is 5.78 Å². The largest absolute Gasteiger partial charge is 0.392 e. The van der Waals surface area contributed by atoms with E-state index in [0.717, 1.165) is 37.9 Å². The van der Waals surface area contributed by atoms with Gasteiger partial charge in [-0.15, -0.1) is 0 Å². The van der Waals surface area contributed by atoms with Crippen molar-refractivity contribution in [3.8, 4) is 0 Å². The number of carbonyl (C=O) groups excluding carboxylic acids is 1. The molecule has 2 atom stereocenters. The molecule has 0 radical (unpaired) electrons. The molecule has 3 nitrogen and oxygen atoms in total. The van der Waals surface area contributed by atoms with Crippen LogP contribution in [0.1, 0.15) is 49.7 Å². The number of Topliss-reactive ketones (excluding diaryl/α,β-unsaturated/α-hetero) is 1. The van der Waals surface area contributed by atoms with Crippen LogP contribution >= 0.6 is 0 Å². The minimum Gasteiger partial charge on any atom is -0.392 e. The molecule has 0 bridgehead atoms. The molecule has 1 aromatic carbocycles. The molecule has 114 valence electrons. The molecular formula is C18H25NO2. The fourth-order valence-electron chi connectivity index (χ4n) is 3.91. The average Bonchev–Trinajstić information content (AvgIpc) is 2.96. The molecule has 3 heteroatoms. The predicted octanol–water partition coefficient (Wildman–Crippen LogP) is 2.90. The third kappa shape index (κ3) is 3.35. The molecule has 0 amide bonds. The lowest BCUT2D eigenvalue weighted by molar-refractivity contribution is -0.126. The fourth-order valence-corrected chi connectivity index (χ4v) is 3.91. The Morgan fingerprint density at radius 1 is 1.05 bits per heavy atom. The van der Waals surface area contributed by atoms with Gasteiger partial charge in [-0.3, -0.25) is 9.69 Å². The zero-order valence-corrected chi connectivity index (χ0v) is 12.6. The van der Waals surface area contributed by atoms with Crippen LogP contribution in [0.3, 0.4) is 0 Å². The summed E-state index contributed by atoms with van der Waals surface area (Å²) >= 11 is 0. The number of likely N-dealkylation sites (tertiary alicyclic amines) is 1. The van der Waals surface area contributed by atoms with Crippen LogP contribution in [-0.2, 0) is 17.9 Å². The first-order chi connectivity index (χ1) is 10.3. The second-order valence-electron chi connectivity index (χ2n) is 6.47. The first-order valence-corrected chi connectivity index (χ1v) is 8.23. The van der Waals surface area contributed by atoms with Gasteiger partial charge >= 0.3 is 0 Å². The van der Waals surface area contributed by atoms with Gasteiger partial charge in [-0.25, -0.2) is 0 Å². The zero-order chi connectivity index (χ0) is 14.7. The lowest BCUT2D eigenvalue weighted by atomic mass is 9.82. The number of aliphatic hydroxyl groups is 1. The molecule has 0 spiro atoms. The molecule has 3 rings (SSSR count). The molecule has 2 unspecified atom stereocenters. The van der Waals surface area contributed by atoms with Crippen LogP contribution < -0.4 is 0 Å². The van der Waals surface area contributed by atoms with Crippen molar-refractivity contribution < 1.29 is 9.90 Å². The van der Waals surface area contributed by atoms with Gasteiger partial charge in [0.2, 0.25) is 0 Å². The molecule has 2 aliphatic rings. The number of ketones is 1. The van der Waals surface area contributed by atoms with Gasteiger partial charge in [0.25, 0.3) is 0 Å². The Hall–Kier alpha value is -1.19. The van der Waals surface area contributed by atoms with Crippen LogP contribution in [0.15, 0.2) is 24.3 Å². The Morgan fingerprint density at radius 2 is 1.81 bits per heavy atom. The predicted molar refractivity (Wildman–Crippen MR) is 82.8 cm³/mol. The standard InChI is InChI=1S/C18H25NO2/c20-13-15-9-7-14(8-10-15)12-19-11-3-5-17(19)16-4-1-2-6-18(16)21/h7-10,16-17,20H,1-6,11-13H2. The topological polar surface area (TPSA) is 40.5 Å². The minimum atomic E-state index is 0.100. The Morgan fingerprint density at radius 3 is 2.52 bits per heavy atom. The third-order valence-corrected chi connectivity index (χ3v) is 5.07. The first-order valence-electron chi connectivity index (χ1n) is 8.23. The molecule has 1 aliphatic carbocycles. The van der Waals surface area contributed by atoms with Crippen molar-refractivity contribution in [2.45, 2.75) is 57.7 Å². The number of hydrogen-bond acceptors (Lipinski definition) is 3. The molecule has 1 saturated carbocycles. The monoisotopic (exact) mass is 287 g/mol. The van der Waals surface area contributed by atoms with E-state index < -0.39 is 0 Å². The van der Waals surface area contributed by atoms with E-state index in [-0.39, 0.29) is 12.5 Å². The third-order valence-electron chi connectivity index (χ3n) is 5.07. The summed E-state index contributed by atoms with van der Waals surface area (Å²) in [4.78, 5) is 14.7. The fraction of sp³-hybridized carbons (Fsp3) is 0.611. The van der Waals surface area contributed by atoms with Crippen LogP contribution in [0.2, 0.25) is 0 Å². The van der Waals surface area contributed by atoms with E-state index >= 15 is 0 Å². The molecule has 1 heterocycles. The molecule has 0 aromatic heterocycles. The quantitative estimate of drug-likeness (QED) is 0.925. The lowest BCUT2D eigenvalue weighted by Gasteiger charge is -2.33. The van der Waals surface area contributed by atoms with Crippen LogP contribution in [0.5, 0.6) is 0 Å². The van der Waals surface area contributed by atoms with E-state index in [4.69, 9.17) is 5.11 Å². The van der Waals surface area contributed by atoms with Crippen molar-refractivity contribution in [2.75, 3.05) is 6.54 Å². The Kier molecular flexibility index (Phi) is 4.71. The summed E-state index contributed by atoms with van der Waals surface area (Å²) < 4.78 is 0. The van der Waals surface area contributed by atoms with Crippen LogP contribution in [0, 0.1) is 5.92 Å². The molecule has 1 N–H and O–H groups in total. The normalized spacial score (nSPS) is 27.2. The van der Waals surface area contributed by atoms with Gasteiger partial charge in [-0.05, 0) is 43.4 Å². The van der Waals surface area contributed by atoms with Crippen molar-refractivity contribution in [3.63, 3.8) is 0 Å². The minimum absolute atomic E-state index is 0.100. The summed E-state index contributed by atoms with van der Waals surface area (Å²) in [6.07, 6.45) is 6.56. The molecule has 2 fully saturated rings. The summed E-state index contributed by atoms with van der Waals surface area (Å²) in [6, 6.07) is 8.64. The van der Waals surface area contributed by atoms with Crippen molar-refractivity contribution in [3.05, 3.63) is 35.4 Å². The van der Waals surface area contributed by atoms with Gasteiger partial charge in [0.05, 0.1) is 6.61 Å². The van der Waals surface area contributed by atoms with Crippen LogP contribution in [0.25, 0.3) is 0 Å². The molecule has 21 heavy (non-hydrogen) atoms. The van der Waals surface area contributed by atoms with E-state index in [1.54, 1.807) is 0 Å². The highest BCUT2D eigenvalue weighted by Crippen LogP contribution is 2.33. The summed E-state index contributed by atoms with van der Waals surface area (Å²) in [5, 5.41) is 9.11. The Balaban J connectivity index is 1.67. The van der Waals surface area contributed by atoms with Gasteiger partial charge in [0, 0.05) is 24.9 Å². The number of nitrogens with zero attached hydrogens (tertiary/aromatic N) is 1. The second-order valence-corrected chi connectivity index (χ2v) is 6.47. The summed E-state index contributed by atoms with van der Waals surface area (Å²) in [6.45, 7) is 2.14. The van der Waals surface area contributed by atoms with Crippen molar-refractivity contribution in [2.24, 2.45) is 5.92 Å². The maximum Gasteiger partial charge on any atom is 0.137 e. The van der Waals surface area contributed by atoms with E-state index in [9.17, 15) is 4.79 Å². The average molecular weight is 287 g/mol. The first kappa shape index (κ1) is 14.7. The van der Waals surface area contributed by atoms with Gasteiger partial charge < -0.3 is 5.11 Å². The molecular weight excluding hydrogens is 262 g/mol. The summed E-state index contributed by atoms with van der Waals surface area (Å²) in [5.41, 5.74) is 2.24. The zero-order valence-electron chi connectivity index (χ0n) is 12.6. The maximum atomic E-state index is 12.2. The lowest BCUT2D eigenvalue weighted by Crippen LogP contribution is -2.40. The smallest absolute Gasteiger partial charge is 0.137 e. The summed E-state index contributed by atoms with van der Waals surface area (Å²) in [5.74, 6) is 0.770. The van der Waals surface area contributed by atoms with E-state index in [2.05, 4.69) is 17.0 Å². The number of aliphatic hydroxyl groups excluding tert-OH is 1. The molecule has 1 saturated heterocycles. The van der Waals surface area contributed by atoms with Crippen LogP contribution in [-0.4, -0.2) is 28.4 Å². The van der Waals surface area contributed by atoms with E-state index in [0.29, 0.717) is 11.8 Å². The van der Waals surface area contributed by atoms with Gasteiger partial charge in [-0.1, -0.05) is 30.7 Å². The number of hydrogen-bond donors (Lipinski definition) is 1. The highest BCUT2D eigenvalue weighted by atomic mass is 16.3. The van der Waals surface area contributed by atoms with Gasteiger partial charge in [-0.2, -0.15) is 0 Å².